The molecule has 0 saturated carbocycles. The molecule has 27 heavy (non-hydrogen) atoms. The number of nitrogens with two attached hydrogens (primary N) is 2. The van der Waals surface area contributed by atoms with Crippen LogP contribution in [0, 0.1) is 11.6 Å². The van der Waals surface area contributed by atoms with Crippen LogP contribution in [0.4, 0.5) is 8.78 Å². The lowest BCUT2D eigenvalue weighted by Gasteiger charge is -2.49. The van der Waals surface area contributed by atoms with Gasteiger partial charge in [0.2, 0.25) is 0 Å². The van der Waals surface area contributed by atoms with E-state index in [9.17, 15) is 13.9 Å². The maximum Gasteiger partial charge on any atom is 0.162 e. The van der Waals surface area contributed by atoms with Crippen LogP contribution >= 0.6 is 0 Å². The van der Waals surface area contributed by atoms with E-state index in [2.05, 4.69) is 33.0 Å². The van der Waals surface area contributed by atoms with Crippen molar-refractivity contribution in [2.24, 2.45) is 11.5 Å². The Morgan fingerprint density at radius 2 is 1.63 bits per heavy atom. The first-order valence-electron chi connectivity index (χ1n) is 8.95. The second-order valence-electron chi connectivity index (χ2n) is 8.56. The van der Waals surface area contributed by atoms with Crippen molar-refractivity contribution in [1.82, 2.24) is 10.2 Å². The molecule has 7 heteroatoms. The molecule has 1 aliphatic heterocycles. The van der Waals surface area contributed by atoms with E-state index in [-0.39, 0.29) is 28.4 Å². The maximum absolute atomic E-state index is 13.4. The molecule has 1 fully saturated rings. The minimum absolute atomic E-state index is 0.0183. The van der Waals surface area contributed by atoms with Crippen molar-refractivity contribution >= 4 is 5.70 Å². The highest BCUT2D eigenvalue weighted by Gasteiger charge is 2.39. The van der Waals surface area contributed by atoms with Gasteiger partial charge in [0.25, 0.3) is 0 Å². The van der Waals surface area contributed by atoms with Crippen LogP contribution in [-0.4, -0.2) is 34.2 Å². The van der Waals surface area contributed by atoms with Crippen LogP contribution in [0.3, 0.4) is 0 Å². The van der Waals surface area contributed by atoms with Gasteiger partial charge in [-0.15, -0.1) is 0 Å². The van der Waals surface area contributed by atoms with Gasteiger partial charge in [-0.25, -0.2) is 8.78 Å². The molecule has 5 nitrogen and oxygen atoms in total. The first-order chi connectivity index (χ1) is 12.3. The van der Waals surface area contributed by atoms with Crippen LogP contribution in [0.25, 0.3) is 5.70 Å². The highest BCUT2D eigenvalue weighted by molar-refractivity contribution is 5.69. The zero-order valence-electron chi connectivity index (χ0n) is 16.6. The fourth-order valence-corrected chi connectivity index (χ4v) is 3.90. The minimum atomic E-state index is -1.13. The lowest BCUT2D eigenvalue weighted by Crippen LogP contribution is -2.61. The smallest absolute Gasteiger partial charge is 0.162 e. The molecule has 0 aliphatic carbocycles. The molecule has 1 saturated heterocycles. The Morgan fingerprint density at radius 1 is 1.11 bits per heavy atom. The summed E-state index contributed by atoms with van der Waals surface area (Å²) in [6, 6.07) is 1.80. The Hall–Kier alpha value is -2.28. The molecule has 1 aromatic rings. The lowest BCUT2D eigenvalue weighted by atomic mass is 9.79. The van der Waals surface area contributed by atoms with Gasteiger partial charge in [-0.05, 0) is 58.8 Å². The van der Waals surface area contributed by atoms with E-state index in [1.807, 2.05) is 11.9 Å². The van der Waals surface area contributed by atoms with Crippen molar-refractivity contribution in [1.29, 1.82) is 0 Å². The number of hydrogen-bond acceptors (Lipinski definition) is 5. The predicted molar refractivity (Wildman–Crippen MR) is 105 cm³/mol. The maximum atomic E-state index is 13.4. The quantitative estimate of drug-likeness (QED) is 0.603. The Kier molecular flexibility index (Phi) is 5.75. The molecule has 0 unspecified atom stereocenters. The average molecular weight is 380 g/mol. The number of aromatic hydroxyl groups is 1. The summed E-state index contributed by atoms with van der Waals surface area (Å²) in [5.41, 5.74) is 12.2. The highest BCUT2D eigenvalue weighted by Crippen LogP contribution is 2.32. The van der Waals surface area contributed by atoms with E-state index in [4.69, 9.17) is 11.5 Å². The third-order valence-electron chi connectivity index (χ3n) is 4.91. The van der Waals surface area contributed by atoms with Crippen LogP contribution < -0.4 is 16.8 Å². The second-order valence-corrected chi connectivity index (χ2v) is 8.56. The van der Waals surface area contributed by atoms with Gasteiger partial charge in [-0.2, -0.15) is 0 Å². The van der Waals surface area contributed by atoms with Gasteiger partial charge in [-0.1, -0.05) is 0 Å². The highest BCUT2D eigenvalue weighted by atomic mass is 19.2. The summed E-state index contributed by atoms with van der Waals surface area (Å²) in [5, 5.41) is 13.4. The van der Waals surface area contributed by atoms with E-state index in [1.54, 1.807) is 6.08 Å². The van der Waals surface area contributed by atoms with Crippen LogP contribution in [0.5, 0.6) is 5.75 Å². The summed E-state index contributed by atoms with van der Waals surface area (Å²) in [6.07, 6.45) is 4.93. The average Bonchev–Trinajstić information content (AvgIpc) is 2.52. The van der Waals surface area contributed by atoms with E-state index in [0.717, 1.165) is 18.9 Å². The molecule has 0 aromatic heterocycles. The van der Waals surface area contributed by atoms with Gasteiger partial charge >= 0.3 is 0 Å². The number of nitrogens with zero attached hydrogens (tertiary/aromatic N) is 1. The normalized spacial score (nSPS) is 20.6. The van der Waals surface area contributed by atoms with Crippen molar-refractivity contribution in [3.63, 3.8) is 0 Å². The Morgan fingerprint density at radius 3 is 2.19 bits per heavy atom. The molecule has 0 atom stereocenters. The van der Waals surface area contributed by atoms with Crippen molar-refractivity contribution in [2.45, 2.75) is 57.7 Å². The fourth-order valence-electron chi connectivity index (χ4n) is 3.90. The van der Waals surface area contributed by atoms with Gasteiger partial charge in [0.15, 0.2) is 11.6 Å². The standard InChI is InChI=1S/C20H30F2N4O/c1-19(2)10-12(11-20(3,4)25-19)26(5)18(24)7-6-16(23)13-8-14(21)15(22)9-17(13)27/h6-9,12,25,27H,10-11,23-24H2,1-5H3/b16-6-,18-7+. The predicted octanol–water partition coefficient (Wildman–Crippen LogP) is 3.01. The topological polar surface area (TPSA) is 87.5 Å². The number of phenols is 1. The largest absolute Gasteiger partial charge is 0.507 e. The van der Waals surface area contributed by atoms with Crippen LogP contribution in [0.1, 0.15) is 46.1 Å². The Labute approximate surface area is 159 Å². The summed E-state index contributed by atoms with van der Waals surface area (Å²) < 4.78 is 26.5. The van der Waals surface area contributed by atoms with Crippen LogP contribution in [0.2, 0.25) is 0 Å². The molecule has 1 aromatic carbocycles. The molecule has 0 bridgehead atoms. The summed E-state index contributed by atoms with van der Waals surface area (Å²) in [6.45, 7) is 8.66. The zero-order valence-corrected chi connectivity index (χ0v) is 16.6. The van der Waals surface area contributed by atoms with Gasteiger partial charge in [0, 0.05) is 41.5 Å². The third-order valence-corrected chi connectivity index (χ3v) is 4.91. The molecule has 150 valence electrons. The first-order valence-corrected chi connectivity index (χ1v) is 8.95. The van der Waals surface area contributed by atoms with Gasteiger partial charge in [0.05, 0.1) is 5.82 Å². The molecule has 1 heterocycles. The van der Waals surface area contributed by atoms with Crippen LogP contribution in [-0.2, 0) is 0 Å². The zero-order chi connectivity index (χ0) is 20.6. The van der Waals surface area contributed by atoms with E-state index < -0.39 is 17.4 Å². The monoisotopic (exact) mass is 380 g/mol. The SMILES string of the molecule is CN(/C(N)=C/C=C(\N)c1cc(F)c(F)cc1O)C1CC(C)(C)NC(C)(C)C1. The summed E-state index contributed by atoms with van der Waals surface area (Å²) in [7, 11) is 1.92. The molecule has 0 amide bonds. The molecule has 2 rings (SSSR count). The van der Waals surface area contributed by atoms with E-state index in [1.165, 1.54) is 6.08 Å². The number of nitrogens with one attached hydrogen (secondary N) is 1. The summed E-state index contributed by atoms with van der Waals surface area (Å²) >= 11 is 0. The lowest BCUT2D eigenvalue weighted by molar-refractivity contribution is 0.0981. The summed E-state index contributed by atoms with van der Waals surface area (Å²) in [4.78, 5) is 2.00. The number of hydrogen-bond donors (Lipinski definition) is 4. The van der Waals surface area contributed by atoms with E-state index in [0.29, 0.717) is 11.9 Å². The Bertz CT molecular complexity index is 755. The number of piperidine rings is 1. The molecular weight excluding hydrogens is 350 g/mol. The van der Waals surface area contributed by atoms with Crippen molar-refractivity contribution in [3.8, 4) is 5.75 Å². The molecular formula is C20H30F2N4O. The minimum Gasteiger partial charge on any atom is -0.507 e. The number of rotatable bonds is 4. The van der Waals surface area contributed by atoms with Crippen molar-refractivity contribution < 1.29 is 13.9 Å². The Balaban J connectivity index is 2.21. The van der Waals surface area contributed by atoms with Crippen LogP contribution in [0.15, 0.2) is 30.1 Å². The van der Waals surface area contributed by atoms with Crippen molar-refractivity contribution in [2.75, 3.05) is 7.05 Å². The molecule has 0 radical (unpaired) electrons. The van der Waals surface area contributed by atoms with Gasteiger partial charge in [-0.3, -0.25) is 0 Å². The second kappa shape index (κ2) is 7.38. The van der Waals surface area contributed by atoms with E-state index >= 15 is 0 Å². The number of benzene rings is 1. The number of halogens is 2. The third kappa shape index (κ3) is 5.13. The van der Waals surface area contributed by atoms with Gasteiger partial charge in [0.1, 0.15) is 5.75 Å². The fraction of sp³-hybridized carbons (Fsp3) is 0.500. The van der Waals surface area contributed by atoms with Crippen molar-refractivity contribution in [3.05, 3.63) is 47.3 Å². The first kappa shape index (κ1) is 21.0. The molecule has 0 spiro atoms. The number of allylic oxidation sites excluding steroid dienone is 2. The molecule has 1 aliphatic rings. The number of phenolic OH excluding ortho intramolecular Hbond substituents is 1. The summed E-state index contributed by atoms with van der Waals surface area (Å²) in [5.74, 6) is -2.13. The van der Waals surface area contributed by atoms with Gasteiger partial charge < -0.3 is 26.8 Å². The molecule has 6 N–H and O–H groups in total.